The van der Waals surface area contributed by atoms with E-state index in [0.717, 1.165) is 0 Å². The summed E-state index contributed by atoms with van der Waals surface area (Å²) in [6, 6.07) is 1.82. The van der Waals surface area contributed by atoms with Gasteiger partial charge in [-0.15, -0.1) is 0 Å². The van der Waals surface area contributed by atoms with Gasteiger partial charge in [0.15, 0.2) is 5.03 Å². The number of nitrogens with one attached hydrogen (secondary N) is 2. The Hall–Kier alpha value is -0.920. The van der Waals surface area contributed by atoms with Crippen LogP contribution in [0.25, 0.3) is 0 Å². The molecule has 1 aromatic rings. The first-order valence-corrected chi connectivity index (χ1v) is 6.63. The van der Waals surface area contributed by atoms with E-state index in [1.165, 1.54) is 16.9 Å². The smallest absolute Gasteiger partial charge is 0.257 e. The maximum absolute atomic E-state index is 11.8. The van der Waals surface area contributed by atoms with Crippen LogP contribution in [-0.2, 0) is 17.1 Å². The molecular weight excluding hydrogens is 228 g/mol. The standard InChI is InChI=1S/C9H18N4O2S/c1-8(2)10-6-7-12-16(14,15)9-4-5-11-13(9)3/h4-5,8,10,12H,6-7H2,1-3H3. The lowest BCUT2D eigenvalue weighted by molar-refractivity contribution is 0.548. The van der Waals surface area contributed by atoms with Crippen molar-refractivity contribution in [2.45, 2.75) is 24.9 Å². The van der Waals surface area contributed by atoms with E-state index in [9.17, 15) is 8.42 Å². The molecule has 0 fully saturated rings. The van der Waals surface area contributed by atoms with Crippen LogP contribution in [0, 0.1) is 0 Å². The molecule has 92 valence electrons. The largest absolute Gasteiger partial charge is 0.313 e. The van der Waals surface area contributed by atoms with Crippen molar-refractivity contribution >= 4 is 10.0 Å². The van der Waals surface area contributed by atoms with E-state index in [4.69, 9.17) is 0 Å². The van der Waals surface area contributed by atoms with Crippen LogP contribution in [0.3, 0.4) is 0 Å². The molecule has 0 aromatic carbocycles. The van der Waals surface area contributed by atoms with Gasteiger partial charge in [0.25, 0.3) is 10.0 Å². The minimum Gasteiger partial charge on any atom is -0.313 e. The summed E-state index contributed by atoms with van der Waals surface area (Å²) in [6.07, 6.45) is 1.46. The Kier molecular flexibility index (Phi) is 4.45. The number of sulfonamides is 1. The second-order valence-corrected chi connectivity index (χ2v) is 5.51. The van der Waals surface area contributed by atoms with Crippen LogP contribution in [0.5, 0.6) is 0 Å². The highest BCUT2D eigenvalue weighted by Crippen LogP contribution is 2.04. The Morgan fingerprint density at radius 2 is 2.12 bits per heavy atom. The quantitative estimate of drug-likeness (QED) is 0.676. The predicted molar refractivity (Wildman–Crippen MR) is 61.5 cm³/mol. The average Bonchev–Trinajstić information content (AvgIpc) is 2.59. The van der Waals surface area contributed by atoms with E-state index in [2.05, 4.69) is 15.1 Å². The minimum absolute atomic E-state index is 0.178. The number of hydrogen-bond acceptors (Lipinski definition) is 4. The molecule has 6 nitrogen and oxygen atoms in total. The van der Waals surface area contributed by atoms with Gasteiger partial charge in [-0.25, -0.2) is 13.1 Å². The van der Waals surface area contributed by atoms with Crippen LogP contribution in [0.4, 0.5) is 0 Å². The van der Waals surface area contributed by atoms with Gasteiger partial charge in [0.1, 0.15) is 0 Å². The van der Waals surface area contributed by atoms with Crippen molar-refractivity contribution in [2.24, 2.45) is 7.05 Å². The first kappa shape index (κ1) is 13.1. The number of rotatable bonds is 6. The van der Waals surface area contributed by atoms with Crippen LogP contribution in [-0.4, -0.2) is 37.3 Å². The fourth-order valence-electron chi connectivity index (χ4n) is 1.25. The van der Waals surface area contributed by atoms with E-state index >= 15 is 0 Å². The minimum atomic E-state index is -3.44. The molecule has 1 rings (SSSR count). The van der Waals surface area contributed by atoms with Gasteiger partial charge < -0.3 is 5.32 Å². The second-order valence-electron chi connectivity index (χ2n) is 3.80. The van der Waals surface area contributed by atoms with Gasteiger partial charge >= 0.3 is 0 Å². The molecule has 16 heavy (non-hydrogen) atoms. The van der Waals surface area contributed by atoms with E-state index in [-0.39, 0.29) is 5.03 Å². The molecule has 0 saturated carbocycles. The monoisotopic (exact) mass is 246 g/mol. The Labute approximate surface area is 96.1 Å². The van der Waals surface area contributed by atoms with Crippen molar-refractivity contribution in [3.05, 3.63) is 12.3 Å². The van der Waals surface area contributed by atoms with Crippen LogP contribution in [0.1, 0.15) is 13.8 Å². The highest BCUT2D eigenvalue weighted by molar-refractivity contribution is 7.89. The number of aromatic nitrogens is 2. The molecule has 1 aromatic heterocycles. The summed E-state index contributed by atoms with van der Waals surface area (Å²) in [4.78, 5) is 0. The number of hydrogen-bond donors (Lipinski definition) is 2. The van der Waals surface area contributed by atoms with Crippen LogP contribution >= 0.6 is 0 Å². The average molecular weight is 246 g/mol. The van der Waals surface area contributed by atoms with E-state index in [1.54, 1.807) is 7.05 Å². The van der Waals surface area contributed by atoms with Crippen molar-refractivity contribution < 1.29 is 8.42 Å². The topological polar surface area (TPSA) is 76.0 Å². The summed E-state index contributed by atoms with van der Waals surface area (Å²) < 4.78 is 27.4. The molecule has 0 unspecified atom stereocenters. The second kappa shape index (κ2) is 5.42. The molecule has 0 aliphatic carbocycles. The van der Waals surface area contributed by atoms with Gasteiger partial charge in [-0.05, 0) is 6.07 Å². The normalized spacial score (nSPS) is 12.2. The third kappa shape index (κ3) is 3.58. The van der Waals surface area contributed by atoms with Crippen LogP contribution in [0.2, 0.25) is 0 Å². The van der Waals surface area contributed by atoms with Crippen molar-refractivity contribution in [1.29, 1.82) is 0 Å². The molecule has 0 bridgehead atoms. The molecule has 7 heteroatoms. The SMILES string of the molecule is CC(C)NCCNS(=O)(=O)c1ccnn1C. The molecule has 2 N–H and O–H groups in total. The Morgan fingerprint density at radius 1 is 1.44 bits per heavy atom. The van der Waals surface area contributed by atoms with E-state index in [0.29, 0.717) is 19.1 Å². The molecule has 0 atom stereocenters. The molecule has 0 aliphatic heterocycles. The number of nitrogens with zero attached hydrogens (tertiary/aromatic N) is 2. The van der Waals surface area contributed by atoms with Crippen molar-refractivity contribution in [1.82, 2.24) is 19.8 Å². The van der Waals surface area contributed by atoms with E-state index in [1.807, 2.05) is 13.8 Å². The van der Waals surface area contributed by atoms with E-state index < -0.39 is 10.0 Å². The zero-order chi connectivity index (χ0) is 12.2. The summed E-state index contributed by atoms with van der Waals surface area (Å²) in [6.45, 7) is 4.99. The van der Waals surface area contributed by atoms with Crippen molar-refractivity contribution in [3.8, 4) is 0 Å². The summed E-state index contributed by atoms with van der Waals surface area (Å²) in [5.41, 5.74) is 0. The van der Waals surface area contributed by atoms with Crippen LogP contribution < -0.4 is 10.0 Å². The van der Waals surface area contributed by atoms with Crippen molar-refractivity contribution in [2.75, 3.05) is 13.1 Å². The third-order valence-electron chi connectivity index (χ3n) is 2.02. The molecule has 0 spiro atoms. The summed E-state index contributed by atoms with van der Waals surface area (Å²) in [5.74, 6) is 0. The lowest BCUT2D eigenvalue weighted by atomic mass is 10.4. The molecule has 0 saturated heterocycles. The van der Waals surface area contributed by atoms with Gasteiger partial charge in [0, 0.05) is 26.2 Å². The lowest BCUT2D eigenvalue weighted by Gasteiger charge is -2.09. The zero-order valence-electron chi connectivity index (χ0n) is 9.77. The fourth-order valence-corrected chi connectivity index (χ4v) is 2.40. The fraction of sp³-hybridized carbons (Fsp3) is 0.667. The molecule has 1 heterocycles. The van der Waals surface area contributed by atoms with Gasteiger partial charge in [0.2, 0.25) is 0 Å². The van der Waals surface area contributed by atoms with Gasteiger partial charge in [-0.3, -0.25) is 4.68 Å². The highest BCUT2D eigenvalue weighted by Gasteiger charge is 2.16. The summed E-state index contributed by atoms with van der Waals surface area (Å²) in [5, 5.41) is 7.13. The summed E-state index contributed by atoms with van der Waals surface area (Å²) in [7, 11) is -1.84. The van der Waals surface area contributed by atoms with Gasteiger partial charge in [0.05, 0.1) is 6.20 Å². The van der Waals surface area contributed by atoms with Gasteiger partial charge in [-0.1, -0.05) is 13.8 Å². The molecule has 0 amide bonds. The Balaban J connectivity index is 2.51. The first-order chi connectivity index (χ1) is 7.43. The zero-order valence-corrected chi connectivity index (χ0v) is 10.6. The first-order valence-electron chi connectivity index (χ1n) is 5.14. The predicted octanol–water partition coefficient (Wildman–Crippen LogP) is -0.304. The molecule has 0 radical (unpaired) electrons. The maximum atomic E-state index is 11.8. The van der Waals surface area contributed by atoms with Gasteiger partial charge in [-0.2, -0.15) is 5.10 Å². The maximum Gasteiger partial charge on any atom is 0.257 e. The van der Waals surface area contributed by atoms with Crippen molar-refractivity contribution in [3.63, 3.8) is 0 Å². The molecular formula is C9H18N4O2S. The molecule has 0 aliphatic rings. The lowest BCUT2D eigenvalue weighted by Crippen LogP contribution is -2.35. The third-order valence-corrected chi connectivity index (χ3v) is 3.56. The van der Waals surface area contributed by atoms with Crippen LogP contribution in [0.15, 0.2) is 17.3 Å². The Bertz CT molecular complexity index is 424. The number of aryl methyl sites for hydroxylation is 1. The summed E-state index contributed by atoms with van der Waals surface area (Å²) >= 11 is 0. The highest BCUT2D eigenvalue weighted by atomic mass is 32.2. The Morgan fingerprint density at radius 3 is 2.62 bits per heavy atom.